The fourth-order valence-corrected chi connectivity index (χ4v) is 12.7. The number of carbonyl (C=O) groups excluding carboxylic acids is 5. The summed E-state index contributed by atoms with van der Waals surface area (Å²) in [7, 11) is -4.07. The van der Waals surface area contributed by atoms with Crippen molar-refractivity contribution in [1.29, 1.82) is 0 Å². The Morgan fingerprint density at radius 1 is 0.765 bits per heavy atom. The predicted molar refractivity (Wildman–Crippen MR) is 340 cm³/mol. The van der Waals surface area contributed by atoms with Crippen molar-refractivity contribution in [2.45, 2.75) is 147 Å². The van der Waals surface area contributed by atoms with Gasteiger partial charge < -0.3 is 49.4 Å². The number of aryl methyl sites for hydroxylation is 1. The fourth-order valence-electron chi connectivity index (χ4n) is 12.3. The van der Waals surface area contributed by atoms with E-state index < -0.39 is 169 Å². The van der Waals surface area contributed by atoms with E-state index in [0.717, 1.165) is 51.5 Å². The van der Waals surface area contributed by atoms with Gasteiger partial charge in [0, 0.05) is 78.0 Å². The fraction of sp³-hybridized carbons (Fsp3) is 0.492. The number of piperazine rings is 1. The number of phosphoric ester groups is 1. The number of nitrogens with zero attached hydrogens (tertiary/aromatic N) is 7. The van der Waals surface area contributed by atoms with Gasteiger partial charge in [-0.2, -0.15) is 40.2 Å². The highest BCUT2D eigenvalue weighted by molar-refractivity contribution is 7.46. The second kappa shape index (κ2) is 31.2. The Morgan fingerprint density at radius 3 is 1.80 bits per heavy atom. The van der Waals surface area contributed by atoms with Crippen LogP contribution in [-0.4, -0.2) is 182 Å². The van der Waals surface area contributed by atoms with Crippen LogP contribution in [0.25, 0.3) is 11.3 Å². The normalized spacial score (nSPS) is 17.3. The number of fused-ring (bicyclic) bond motifs is 2. The van der Waals surface area contributed by atoms with Crippen LogP contribution in [-0.2, 0) is 56.3 Å². The number of benzene rings is 3. The van der Waals surface area contributed by atoms with Crippen LogP contribution in [0.3, 0.4) is 0 Å². The van der Waals surface area contributed by atoms with Crippen molar-refractivity contribution in [3.63, 3.8) is 0 Å². The Balaban J connectivity index is 1.25. The highest BCUT2D eigenvalue weighted by Gasteiger charge is 2.58. The lowest BCUT2D eigenvalue weighted by molar-refractivity contribution is -0.221. The number of hydrazine groups is 1. The number of alkyl carbamates (subject to hydrolysis) is 2. The number of phosphoric acid groups is 1. The van der Waals surface area contributed by atoms with Crippen LogP contribution in [0.5, 0.6) is 5.75 Å². The van der Waals surface area contributed by atoms with Gasteiger partial charge in [0.25, 0.3) is 5.91 Å². The number of hydrogen-bond acceptors (Lipinski definition) is 18. The third-order valence-electron chi connectivity index (χ3n) is 17.9. The zero-order valence-electron chi connectivity index (χ0n) is 56.2. The molecule has 3 aliphatic heterocycles. The van der Waals surface area contributed by atoms with Gasteiger partial charge in [0.1, 0.15) is 35.6 Å². The van der Waals surface area contributed by atoms with Crippen molar-refractivity contribution < 1.29 is 116 Å². The van der Waals surface area contributed by atoms with E-state index in [1.807, 2.05) is 5.32 Å². The maximum atomic E-state index is 16.7. The number of aromatic nitrogens is 4. The molecule has 2 aromatic heterocycles. The van der Waals surface area contributed by atoms with Crippen LogP contribution in [0.1, 0.15) is 111 Å². The molecule has 102 heavy (non-hydrogen) atoms. The zero-order chi connectivity index (χ0) is 75.4. The molecule has 26 nitrogen and oxygen atoms in total. The minimum absolute atomic E-state index is 0.0524. The Hall–Kier alpha value is -9.14. The van der Waals surface area contributed by atoms with Crippen LogP contribution in [0.4, 0.5) is 59.4 Å². The smallest absolute Gasteiger partial charge is 0.478 e. The summed E-state index contributed by atoms with van der Waals surface area (Å²) in [6.45, 7) is 2.74. The van der Waals surface area contributed by atoms with Crippen molar-refractivity contribution in [1.82, 2.24) is 51.0 Å². The lowest BCUT2D eigenvalue weighted by Gasteiger charge is -2.47. The van der Waals surface area contributed by atoms with Crippen LogP contribution in [0, 0.1) is 41.2 Å². The Morgan fingerprint density at radius 2 is 1.31 bits per heavy atom. The quantitative estimate of drug-likeness (QED) is 0.00682. The average molecular weight is 1470 g/mol. The van der Waals surface area contributed by atoms with Gasteiger partial charge in [-0.15, -0.1) is 0 Å². The third-order valence-corrected chi connectivity index (χ3v) is 18.4. The van der Waals surface area contributed by atoms with Crippen molar-refractivity contribution in [3.05, 3.63) is 124 Å². The molecule has 4 amide bonds. The SMILES string of the molecule is COC(=O)N[C@H](C(=O)N[C@@H](Cc1ccc(C#Cc2cnc(N3CC4CCC(C3)N4C3COC3)nc2)cc1)[C@H](CN(Cc1c(F)cc(-c2ccn(C(F)F)n2)cc1F)NC(=O)[C@@H](NC(=O)OC)C(C)(C)C(F)(F)F)OC(=O)CC(C)(C)c1c(C)cc(C(=O)O)cc1OP(=O)(O)O)C(C)(C)C(F)(F)F. The van der Waals surface area contributed by atoms with Crippen molar-refractivity contribution in [2.24, 2.45) is 10.8 Å². The number of carbonyl (C=O) groups is 6. The molecule has 0 aliphatic carbocycles. The molecule has 8 rings (SSSR count). The van der Waals surface area contributed by atoms with E-state index in [1.165, 1.54) is 57.4 Å². The third kappa shape index (κ3) is 18.7. The molecule has 2 bridgehead atoms. The Kier molecular flexibility index (Phi) is 24.0. The maximum absolute atomic E-state index is 16.7. The number of hydrogen-bond donors (Lipinski definition) is 7. The molecular formula is C65H74F10N11O15P. The van der Waals surface area contributed by atoms with Crippen LogP contribution >= 0.6 is 7.82 Å². The molecule has 3 aliphatic rings. The maximum Gasteiger partial charge on any atom is 0.524 e. The first-order chi connectivity index (χ1) is 47.5. The van der Waals surface area contributed by atoms with E-state index in [4.69, 9.17) is 14.0 Å². The van der Waals surface area contributed by atoms with Crippen LogP contribution < -0.4 is 30.8 Å². The number of esters is 1. The minimum Gasteiger partial charge on any atom is -0.478 e. The molecule has 37 heteroatoms. The summed E-state index contributed by atoms with van der Waals surface area (Å²) in [5.74, 6) is -4.01. The van der Waals surface area contributed by atoms with Gasteiger partial charge in [-0.1, -0.05) is 37.8 Å². The second-order valence-electron chi connectivity index (χ2n) is 26.4. The summed E-state index contributed by atoms with van der Waals surface area (Å²) in [5.41, 5.74) is -8.24. The number of aromatic carboxylic acids is 1. The molecule has 0 radical (unpaired) electrons. The molecule has 5 heterocycles. The molecule has 7 N–H and O–H groups in total. The summed E-state index contributed by atoms with van der Waals surface area (Å²) in [6, 6.07) is 3.15. The van der Waals surface area contributed by atoms with Crippen molar-refractivity contribution in [3.8, 4) is 28.8 Å². The van der Waals surface area contributed by atoms with Gasteiger partial charge in [-0.05, 0) is 107 Å². The number of carboxylic acid groups (broad SMARTS) is 1. The lowest BCUT2D eigenvalue weighted by Crippen LogP contribution is -2.64. The van der Waals surface area contributed by atoms with Gasteiger partial charge in [-0.3, -0.25) is 34.5 Å². The number of amides is 4. The minimum atomic E-state index is -5.56. The number of methoxy groups -OCH3 is 2. The van der Waals surface area contributed by atoms with Gasteiger partial charge in [-0.25, -0.2) is 47.4 Å². The molecule has 3 aromatic carbocycles. The van der Waals surface area contributed by atoms with Crippen LogP contribution in [0.2, 0.25) is 0 Å². The molecule has 3 fully saturated rings. The highest BCUT2D eigenvalue weighted by atomic mass is 31.2. The molecule has 6 atom stereocenters. The predicted octanol–water partition coefficient (Wildman–Crippen LogP) is 8.41. The first-order valence-electron chi connectivity index (χ1n) is 31.4. The molecule has 0 saturated carbocycles. The molecular weight excluding hydrogens is 1400 g/mol. The second-order valence-corrected chi connectivity index (χ2v) is 27.6. The van der Waals surface area contributed by atoms with E-state index >= 15 is 39.9 Å². The monoisotopic (exact) mass is 1470 g/mol. The number of rotatable bonds is 26. The molecule has 2 unspecified atom stereocenters. The standard InChI is InChI=1S/C65H74F10N11O15P/c1-34-20-39(56(90)91)24-48(101-102(94,95)96)51(34)61(2,3)25-50(87)100-49(31-84(82-55(89)53(80-60(93)98-9)63(6,7)65(73,74)75)30-43-44(66)22-38(23-45(43)67)46-18-19-85(81-46)57(68)69)47(78-54(88)52(79-59(92)97-8)62(4,5)64(70,71)72)21-36-13-10-35(11-14-36)12-15-37-26-76-58(77-27-37)83-28-40-16-17-41(29-83)86(40)42-32-99-33-42/h10-11,13-14,18-20,22-24,26-27,40-42,47,49,52-53,57H,16-17,21,25,28-33H2,1-9H3,(H,78,88)(H,79,92)(H,80,93)(H,82,89)(H,90,91)(H2,94,95,96)/t40?,41?,47-,49-,52+,53+/m0/s1. The van der Waals surface area contributed by atoms with Crippen molar-refractivity contribution in [2.75, 3.05) is 52.0 Å². The molecule has 3 saturated heterocycles. The van der Waals surface area contributed by atoms with E-state index in [0.29, 0.717) is 106 Å². The summed E-state index contributed by atoms with van der Waals surface area (Å²) in [4.78, 5) is 116. The topological polar surface area (TPSA) is 328 Å². The average Bonchev–Trinajstić information content (AvgIpc) is 1.36. The molecule has 554 valence electrons. The van der Waals surface area contributed by atoms with Gasteiger partial charge in [0.05, 0.1) is 80.1 Å². The number of carboxylic acids is 1. The first kappa shape index (κ1) is 78.6. The summed E-state index contributed by atoms with van der Waals surface area (Å²) in [6.07, 6.45) is -12.0. The van der Waals surface area contributed by atoms with Gasteiger partial charge in [0.15, 0.2) is 0 Å². The summed E-state index contributed by atoms with van der Waals surface area (Å²) in [5, 5.41) is 19.9. The lowest BCUT2D eigenvalue weighted by atomic mass is 9.78. The zero-order valence-corrected chi connectivity index (χ0v) is 57.1. The number of nitrogens with one attached hydrogen (secondary N) is 4. The Bertz CT molecular complexity index is 3990. The van der Waals surface area contributed by atoms with E-state index in [9.17, 15) is 52.2 Å². The van der Waals surface area contributed by atoms with E-state index in [2.05, 4.69) is 56.9 Å². The van der Waals surface area contributed by atoms with E-state index in [-0.39, 0.29) is 21.4 Å². The summed E-state index contributed by atoms with van der Waals surface area (Å²) >= 11 is 0. The first-order valence-corrected chi connectivity index (χ1v) is 32.9. The highest BCUT2D eigenvalue weighted by Crippen LogP contribution is 2.47. The number of halogens is 10. The number of ether oxygens (including phenoxy) is 4. The molecule has 5 aromatic rings. The van der Waals surface area contributed by atoms with Gasteiger partial charge in [0.2, 0.25) is 11.9 Å². The van der Waals surface area contributed by atoms with E-state index in [1.54, 1.807) is 5.32 Å². The van der Waals surface area contributed by atoms with Crippen LogP contribution in [0.15, 0.2) is 73.2 Å². The summed E-state index contributed by atoms with van der Waals surface area (Å²) < 4.78 is 189. The van der Waals surface area contributed by atoms with Crippen molar-refractivity contribution >= 4 is 49.7 Å². The Labute approximate surface area is 577 Å². The number of anilines is 1. The largest absolute Gasteiger partial charge is 0.524 e. The molecule has 0 spiro atoms. The number of alkyl halides is 8. The van der Waals surface area contributed by atoms with Gasteiger partial charge >= 0.3 is 50.8 Å².